The molecule has 1 aromatic carbocycles. The molecular formula is C15H22N2. The molecule has 0 saturated heterocycles. The predicted octanol–water partition coefficient (Wildman–Crippen LogP) is 2.22. The van der Waals surface area contributed by atoms with Gasteiger partial charge in [-0.1, -0.05) is 23.6 Å². The molecule has 0 heterocycles. The first kappa shape index (κ1) is 13.8. The van der Waals surface area contributed by atoms with Gasteiger partial charge in [0.05, 0.1) is 6.54 Å². The molecule has 1 unspecified atom stereocenters. The summed E-state index contributed by atoms with van der Waals surface area (Å²) < 4.78 is 0. The Morgan fingerprint density at radius 1 is 1.24 bits per heavy atom. The van der Waals surface area contributed by atoms with Gasteiger partial charge in [0.1, 0.15) is 0 Å². The van der Waals surface area contributed by atoms with Crippen LogP contribution in [0.25, 0.3) is 0 Å². The lowest BCUT2D eigenvalue weighted by atomic mass is 9.94. The number of benzene rings is 1. The Labute approximate surface area is 105 Å². The minimum atomic E-state index is 0.191. The third-order valence-electron chi connectivity index (χ3n) is 2.94. The molecule has 2 heteroatoms. The van der Waals surface area contributed by atoms with Crippen molar-refractivity contribution in [3.8, 4) is 11.8 Å². The van der Waals surface area contributed by atoms with Crippen molar-refractivity contribution in [3.05, 3.63) is 34.4 Å². The summed E-state index contributed by atoms with van der Waals surface area (Å²) in [5.41, 5.74) is 11.1. The van der Waals surface area contributed by atoms with Gasteiger partial charge in [-0.05, 0) is 44.4 Å². The summed E-state index contributed by atoms with van der Waals surface area (Å²) in [5, 5.41) is 3.39. The zero-order valence-corrected chi connectivity index (χ0v) is 11.2. The van der Waals surface area contributed by atoms with E-state index in [9.17, 15) is 0 Å². The van der Waals surface area contributed by atoms with Crippen molar-refractivity contribution in [1.82, 2.24) is 5.32 Å². The quantitative estimate of drug-likeness (QED) is 0.778. The standard InChI is InChI=1S/C15H22N2/c1-5-6-7-17-14(10-16)15-12(3)8-11(2)9-13(15)4/h8-9,14,17H,7,10,16H2,1-4H3. The minimum absolute atomic E-state index is 0.191. The van der Waals surface area contributed by atoms with Crippen molar-refractivity contribution in [1.29, 1.82) is 0 Å². The lowest BCUT2D eigenvalue weighted by Crippen LogP contribution is -2.29. The van der Waals surface area contributed by atoms with E-state index in [0.717, 1.165) is 0 Å². The molecule has 17 heavy (non-hydrogen) atoms. The maximum atomic E-state index is 5.85. The SMILES string of the molecule is CC#CCNC(CN)c1c(C)cc(C)cc1C. The molecule has 3 N–H and O–H groups in total. The maximum absolute atomic E-state index is 5.85. The normalized spacial score (nSPS) is 11.8. The summed E-state index contributed by atoms with van der Waals surface area (Å²) in [7, 11) is 0. The van der Waals surface area contributed by atoms with Gasteiger partial charge in [-0.15, -0.1) is 5.92 Å². The molecular weight excluding hydrogens is 208 g/mol. The first-order valence-electron chi connectivity index (χ1n) is 6.01. The smallest absolute Gasteiger partial charge is 0.0581 e. The van der Waals surface area contributed by atoms with Crippen molar-refractivity contribution in [3.63, 3.8) is 0 Å². The highest BCUT2D eigenvalue weighted by molar-refractivity contribution is 5.40. The molecule has 0 amide bonds. The van der Waals surface area contributed by atoms with Crippen molar-refractivity contribution in [2.24, 2.45) is 5.73 Å². The molecule has 1 aromatic rings. The molecule has 1 rings (SSSR count). The molecule has 0 aromatic heterocycles. The first-order valence-corrected chi connectivity index (χ1v) is 6.01. The Kier molecular flexibility index (Phi) is 5.21. The Morgan fingerprint density at radius 3 is 2.29 bits per heavy atom. The van der Waals surface area contributed by atoms with Crippen LogP contribution in [0.2, 0.25) is 0 Å². The summed E-state index contributed by atoms with van der Waals surface area (Å²) in [5.74, 6) is 5.90. The van der Waals surface area contributed by atoms with Gasteiger partial charge in [0.25, 0.3) is 0 Å². The topological polar surface area (TPSA) is 38.0 Å². The van der Waals surface area contributed by atoms with Crippen molar-refractivity contribution in [2.75, 3.05) is 13.1 Å². The molecule has 0 saturated carbocycles. The number of hydrogen-bond acceptors (Lipinski definition) is 2. The number of nitrogens with one attached hydrogen (secondary N) is 1. The van der Waals surface area contributed by atoms with Crippen LogP contribution in [0.15, 0.2) is 12.1 Å². The molecule has 0 bridgehead atoms. The van der Waals surface area contributed by atoms with Gasteiger partial charge in [0.2, 0.25) is 0 Å². The lowest BCUT2D eigenvalue weighted by molar-refractivity contribution is 0.576. The monoisotopic (exact) mass is 230 g/mol. The van der Waals surface area contributed by atoms with Crippen LogP contribution in [0.1, 0.15) is 35.2 Å². The fourth-order valence-corrected chi connectivity index (χ4v) is 2.31. The highest BCUT2D eigenvalue weighted by Crippen LogP contribution is 2.22. The second-order valence-electron chi connectivity index (χ2n) is 4.41. The lowest BCUT2D eigenvalue weighted by Gasteiger charge is -2.21. The van der Waals surface area contributed by atoms with Gasteiger partial charge in [-0.3, -0.25) is 5.32 Å². The average molecular weight is 230 g/mol. The van der Waals surface area contributed by atoms with E-state index in [1.165, 1.54) is 22.3 Å². The summed E-state index contributed by atoms with van der Waals surface area (Å²) in [4.78, 5) is 0. The zero-order chi connectivity index (χ0) is 12.8. The molecule has 0 radical (unpaired) electrons. The molecule has 0 aliphatic rings. The van der Waals surface area contributed by atoms with Gasteiger partial charge in [-0.25, -0.2) is 0 Å². The van der Waals surface area contributed by atoms with E-state index < -0.39 is 0 Å². The molecule has 0 aliphatic heterocycles. The van der Waals surface area contributed by atoms with E-state index >= 15 is 0 Å². The van der Waals surface area contributed by atoms with Crippen LogP contribution in [0.3, 0.4) is 0 Å². The van der Waals surface area contributed by atoms with Crippen LogP contribution in [-0.2, 0) is 0 Å². The second-order valence-corrected chi connectivity index (χ2v) is 4.41. The molecule has 0 spiro atoms. The van der Waals surface area contributed by atoms with E-state index in [1.54, 1.807) is 0 Å². The first-order chi connectivity index (χ1) is 8.10. The summed E-state index contributed by atoms with van der Waals surface area (Å²) in [6.07, 6.45) is 0. The van der Waals surface area contributed by atoms with Crippen LogP contribution >= 0.6 is 0 Å². The summed E-state index contributed by atoms with van der Waals surface area (Å²) >= 11 is 0. The van der Waals surface area contributed by atoms with E-state index in [4.69, 9.17) is 5.73 Å². The Morgan fingerprint density at radius 2 is 1.82 bits per heavy atom. The summed E-state index contributed by atoms with van der Waals surface area (Å²) in [6, 6.07) is 4.60. The van der Waals surface area contributed by atoms with Gasteiger partial charge in [0.15, 0.2) is 0 Å². The Bertz CT molecular complexity index is 415. The number of rotatable bonds is 4. The number of aryl methyl sites for hydroxylation is 3. The van der Waals surface area contributed by atoms with Crippen LogP contribution in [0.5, 0.6) is 0 Å². The van der Waals surface area contributed by atoms with Crippen LogP contribution in [-0.4, -0.2) is 13.1 Å². The highest BCUT2D eigenvalue weighted by Gasteiger charge is 2.13. The molecule has 92 valence electrons. The van der Waals surface area contributed by atoms with Gasteiger partial charge >= 0.3 is 0 Å². The van der Waals surface area contributed by atoms with E-state index in [-0.39, 0.29) is 6.04 Å². The summed E-state index contributed by atoms with van der Waals surface area (Å²) in [6.45, 7) is 9.54. The van der Waals surface area contributed by atoms with E-state index in [1.807, 2.05) is 6.92 Å². The van der Waals surface area contributed by atoms with Crippen molar-refractivity contribution >= 4 is 0 Å². The fraction of sp³-hybridized carbons (Fsp3) is 0.467. The predicted molar refractivity (Wildman–Crippen MR) is 73.9 cm³/mol. The molecule has 2 nitrogen and oxygen atoms in total. The van der Waals surface area contributed by atoms with Crippen LogP contribution in [0.4, 0.5) is 0 Å². The third kappa shape index (κ3) is 3.59. The largest absolute Gasteiger partial charge is 0.329 e. The van der Waals surface area contributed by atoms with Crippen LogP contribution < -0.4 is 11.1 Å². The average Bonchev–Trinajstić information content (AvgIpc) is 2.25. The van der Waals surface area contributed by atoms with Gasteiger partial charge in [-0.2, -0.15) is 0 Å². The van der Waals surface area contributed by atoms with Crippen LogP contribution in [0, 0.1) is 32.6 Å². The fourth-order valence-electron chi connectivity index (χ4n) is 2.31. The second kappa shape index (κ2) is 6.44. The third-order valence-corrected chi connectivity index (χ3v) is 2.94. The van der Waals surface area contributed by atoms with Gasteiger partial charge in [0, 0.05) is 12.6 Å². The number of nitrogens with two attached hydrogens (primary N) is 1. The molecule has 0 aliphatic carbocycles. The van der Waals surface area contributed by atoms with E-state index in [0.29, 0.717) is 13.1 Å². The van der Waals surface area contributed by atoms with Crippen molar-refractivity contribution < 1.29 is 0 Å². The Balaban J connectivity index is 2.97. The van der Waals surface area contributed by atoms with Gasteiger partial charge < -0.3 is 5.73 Å². The molecule has 1 atom stereocenters. The minimum Gasteiger partial charge on any atom is -0.329 e. The maximum Gasteiger partial charge on any atom is 0.0581 e. The Hall–Kier alpha value is -1.30. The van der Waals surface area contributed by atoms with E-state index in [2.05, 4.69) is 50.1 Å². The zero-order valence-electron chi connectivity index (χ0n) is 11.2. The molecule has 0 fully saturated rings. The highest BCUT2D eigenvalue weighted by atomic mass is 14.9. The number of hydrogen-bond donors (Lipinski definition) is 2. The van der Waals surface area contributed by atoms with Crippen molar-refractivity contribution in [2.45, 2.75) is 33.7 Å².